The third-order valence-corrected chi connectivity index (χ3v) is 4.04. The van der Waals surface area contributed by atoms with Crippen molar-refractivity contribution in [3.05, 3.63) is 71.5 Å². The Morgan fingerprint density at radius 1 is 1.00 bits per heavy atom. The van der Waals surface area contributed by atoms with Crippen molar-refractivity contribution in [2.45, 2.75) is 25.8 Å². The molecule has 1 heterocycles. The number of rotatable bonds is 10. The summed E-state index contributed by atoms with van der Waals surface area (Å²) in [6.07, 6.45) is 2.57. The quantitative estimate of drug-likeness (QED) is 0.569. The minimum Gasteiger partial charge on any atom is -0.494 e. The van der Waals surface area contributed by atoms with E-state index in [0.29, 0.717) is 13.2 Å². The second kappa shape index (κ2) is 9.68. The van der Waals surface area contributed by atoms with Gasteiger partial charge < -0.3 is 10.1 Å². The van der Waals surface area contributed by atoms with Gasteiger partial charge in [-0.25, -0.2) is 0 Å². The van der Waals surface area contributed by atoms with Crippen LogP contribution in [-0.2, 0) is 19.4 Å². The van der Waals surface area contributed by atoms with Crippen LogP contribution >= 0.6 is 0 Å². The fraction of sp³-hybridized carbons (Fsp3) is 0.350. The minimum atomic E-state index is 0.630. The molecule has 3 aromatic rings. The second-order valence-corrected chi connectivity index (χ2v) is 6.16. The number of hydrogen-bond acceptors (Lipinski definition) is 5. The zero-order valence-electron chi connectivity index (χ0n) is 15.1. The lowest BCUT2D eigenvalue weighted by atomic mass is 10.1. The molecule has 0 atom stereocenters. The van der Waals surface area contributed by atoms with Gasteiger partial charge in [0.05, 0.1) is 13.2 Å². The third kappa shape index (κ3) is 5.67. The van der Waals surface area contributed by atoms with Crippen LogP contribution in [0.15, 0.2) is 54.6 Å². The van der Waals surface area contributed by atoms with Crippen LogP contribution in [0, 0.1) is 0 Å². The van der Waals surface area contributed by atoms with Crippen LogP contribution in [0.25, 0.3) is 0 Å². The second-order valence-electron chi connectivity index (χ2n) is 6.16. The van der Waals surface area contributed by atoms with E-state index in [-0.39, 0.29) is 0 Å². The van der Waals surface area contributed by atoms with E-state index in [1.807, 2.05) is 25.2 Å². The molecule has 0 fully saturated rings. The highest BCUT2D eigenvalue weighted by Crippen LogP contribution is 2.15. The van der Waals surface area contributed by atoms with Gasteiger partial charge in [-0.1, -0.05) is 42.5 Å². The van der Waals surface area contributed by atoms with Gasteiger partial charge in [-0.3, -0.25) is 0 Å². The largest absolute Gasteiger partial charge is 0.494 e. The smallest absolute Gasteiger partial charge is 0.176 e. The molecule has 6 heteroatoms. The fourth-order valence-electron chi connectivity index (χ4n) is 2.64. The highest BCUT2D eigenvalue weighted by molar-refractivity contribution is 5.31. The molecule has 0 amide bonds. The molecular formula is C20H25N5O. The van der Waals surface area contributed by atoms with Crippen LogP contribution in [-0.4, -0.2) is 40.4 Å². The first-order chi connectivity index (χ1) is 12.8. The molecule has 0 unspecified atom stereocenters. The fourth-order valence-corrected chi connectivity index (χ4v) is 2.64. The predicted molar refractivity (Wildman–Crippen MR) is 101 cm³/mol. The average molecular weight is 351 g/mol. The Balaban J connectivity index is 1.39. The highest BCUT2D eigenvalue weighted by atomic mass is 16.5. The number of likely N-dealkylation sites (N-methyl/N-ethyl adjacent to an activating group) is 1. The first-order valence-electron chi connectivity index (χ1n) is 9.00. The summed E-state index contributed by atoms with van der Waals surface area (Å²) in [5, 5.41) is 15.5. The zero-order valence-corrected chi connectivity index (χ0v) is 15.1. The summed E-state index contributed by atoms with van der Waals surface area (Å²) in [5.41, 5.74) is 2.60. The van der Waals surface area contributed by atoms with Gasteiger partial charge in [0.1, 0.15) is 5.75 Å². The Bertz CT molecular complexity index is 770. The lowest BCUT2D eigenvalue weighted by molar-refractivity contribution is 0.293. The highest BCUT2D eigenvalue weighted by Gasteiger charge is 2.02. The van der Waals surface area contributed by atoms with E-state index in [1.54, 1.807) is 4.80 Å². The van der Waals surface area contributed by atoms with Crippen molar-refractivity contribution in [1.82, 2.24) is 25.5 Å². The van der Waals surface area contributed by atoms with E-state index in [2.05, 4.69) is 57.1 Å². The number of nitrogens with one attached hydrogen (secondary N) is 1. The van der Waals surface area contributed by atoms with Crippen LogP contribution in [0.5, 0.6) is 5.75 Å². The van der Waals surface area contributed by atoms with Crippen molar-refractivity contribution in [2.75, 3.05) is 20.2 Å². The molecule has 0 spiro atoms. The lowest BCUT2D eigenvalue weighted by Gasteiger charge is -2.07. The number of benzene rings is 2. The third-order valence-electron chi connectivity index (χ3n) is 4.04. The monoisotopic (exact) mass is 351 g/mol. The Hall–Kier alpha value is -2.73. The molecule has 1 aromatic heterocycles. The van der Waals surface area contributed by atoms with Gasteiger partial charge in [0.15, 0.2) is 5.82 Å². The van der Waals surface area contributed by atoms with Gasteiger partial charge in [0, 0.05) is 19.4 Å². The molecule has 0 saturated carbocycles. The summed E-state index contributed by atoms with van der Waals surface area (Å²) in [7, 11) is 1.91. The molecule has 6 nitrogen and oxygen atoms in total. The first-order valence-corrected chi connectivity index (χ1v) is 9.00. The molecule has 26 heavy (non-hydrogen) atoms. The van der Waals surface area contributed by atoms with Crippen molar-refractivity contribution in [2.24, 2.45) is 0 Å². The Morgan fingerprint density at radius 2 is 1.77 bits per heavy atom. The van der Waals surface area contributed by atoms with Gasteiger partial charge in [-0.05, 0) is 41.9 Å². The van der Waals surface area contributed by atoms with E-state index in [4.69, 9.17) is 4.74 Å². The normalized spacial score (nSPS) is 10.8. The van der Waals surface area contributed by atoms with Crippen molar-refractivity contribution in [3.8, 4) is 5.75 Å². The first kappa shape index (κ1) is 18.1. The molecule has 0 aliphatic heterocycles. The Morgan fingerprint density at radius 3 is 2.54 bits per heavy atom. The van der Waals surface area contributed by atoms with E-state index in [9.17, 15) is 0 Å². The minimum absolute atomic E-state index is 0.630. The van der Waals surface area contributed by atoms with Gasteiger partial charge in [0.25, 0.3) is 0 Å². The topological polar surface area (TPSA) is 64.9 Å². The SMILES string of the molecule is CNCCc1nnn(CCCOc2ccc(Cc3ccccc3)cc2)n1. The summed E-state index contributed by atoms with van der Waals surface area (Å²) in [6, 6.07) is 18.8. The number of aryl methyl sites for hydroxylation is 1. The molecule has 3 rings (SSSR count). The molecule has 136 valence electrons. The predicted octanol–water partition coefficient (Wildman–Crippen LogP) is 2.49. The van der Waals surface area contributed by atoms with Gasteiger partial charge >= 0.3 is 0 Å². The number of tetrazole rings is 1. The lowest BCUT2D eigenvalue weighted by Crippen LogP contribution is -2.12. The van der Waals surface area contributed by atoms with E-state index >= 15 is 0 Å². The van der Waals surface area contributed by atoms with E-state index < -0.39 is 0 Å². The Labute approximate surface area is 154 Å². The molecule has 2 aromatic carbocycles. The van der Waals surface area contributed by atoms with Crippen LogP contribution in [0.2, 0.25) is 0 Å². The summed E-state index contributed by atoms with van der Waals surface area (Å²) in [5.74, 6) is 1.66. The summed E-state index contributed by atoms with van der Waals surface area (Å²) >= 11 is 0. The number of ether oxygens (including phenoxy) is 1. The molecule has 0 aliphatic carbocycles. The number of aromatic nitrogens is 4. The number of nitrogens with zero attached hydrogens (tertiary/aromatic N) is 4. The van der Waals surface area contributed by atoms with Crippen molar-refractivity contribution < 1.29 is 4.74 Å². The summed E-state index contributed by atoms with van der Waals surface area (Å²) in [4.78, 5) is 1.64. The molecule has 1 N–H and O–H groups in total. The zero-order chi connectivity index (χ0) is 18.0. The molecule has 0 saturated heterocycles. The average Bonchev–Trinajstić information content (AvgIpc) is 3.13. The van der Waals surface area contributed by atoms with Gasteiger partial charge in [0.2, 0.25) is 0 Å². The molecule has 0 bridgehead atoms. The van der Waals surface area contributed by atoms with Gasteiger partial charge in [-0.15, -0.1) is 10.2 Å². The maximum Gasteiger partial charge on any atom is 0.176 e. The van der Waals surface area contributed by atoms with Crippen molar-refractivity contribution >= 4 is 0 Å². The maximum atomic E-state index is 5.81. The van der Waals surface area contributed by atoms with Crippen LogP contribution in [0.4, 0.5) is 0 Å². The summed E-state index contributed by atoms with van der Waals surface area (Å²) in [6.45, 7) is 2.19. The molecule has 0 radical (unpaired) electrons. The van der Waals surface area contributed by atoms with E-state index in [0.717, 1.165) is 37.4 Å². The van der Waals surface area contributed by atoms with Gasteiger partial charge in [-0.2, -0.15) is 4.80 Å². The standard InChI is InChI=1S/C20H25N5O/c1-21-13-12-20-22-24-25(23-20)14-5-15-26-19-10-8-18(9-11-19)16-17-6-3-2-4-7-17/h2-4,6-11,21H,5,12-16H2,1H3. The summed E-state index contributed by atoms with van der Waals surface area (Å²) < 4.78 is 5.81. The maximum absolute atomic E-state index is 5.81. The van der Waals surface area contributed by atoms with Crippen molar-refractivity contribution in [3.63, 3.8) is 0 Å². The van der Waals surface area contributed by atoms with Crippen LogP contribution in [0.1, 0.15) is 23.4 Å². The van der Waals surface area contributed by atoms with Crippen molar-refractivity contribution in [1.29, 1.82) is 0 Å². The molecule has 0 aliphatic rings. The molecular weight excluding hydrogens is 326 g/mol. The van der Waals surface area contributed by atoms with E-state index in [1.165, 1.54) is 11.1 Å². The van der Waals surface area contributed by atoms with Crippen LogP contribution < -0.4 is 10.1 Å². The van der Waals surface area contributed by atoms with Crippen LogP contribution in [0.3, 0.4) is 0 Å². The Kier molecular flexibility index (Phi) is 6.73. The number of hydrogen-bond donors (Lipinski definition) is 1.